The fourth-order valence-electron chi connectivity index (χ4n) is 2.67. The Balaban J connectivity index is 1.64. The summed E-state index contributed by atoms with van der Waals surface area (Å²) in [6.45, 7) is 0.925. The summed E-state index contributed by atoms with van der Waals surface area (Å²) in [5.74, 6) is 0.399. The molecule has 1 heterocycles. The molecule has 1 aliphatic rings. The fraction of sp³-hybridized carbons (Fsp3) is 0.278. The largest absolute Gasteiger partial charge is 0.391 e. The van der Waals surface area contributed by atoms with E-state index < -0.39 is 16.9 Å². The van der Waals surface area contributed by atoms with Gasteiger partial charge in [-0.1, -0.05) is 30.3 Å². The molecule has 1 fully saturated rings. The first-order valence-corrected chi connectivity index (χ1v) is 9.20. The zero-order valence-electron chi connectivity index (χ0n) is 13.2. The van der Waals surface area contributed by atoms with Crippen molar-refractivity contribution in [2.24, 2.45) is 0 Å². The molecule has 2 N–H and O–H groups in total. The van der Waals surface area contributed by atoms with Gasteiger partial charge in [-0.3, -0.25) is 4.21 Å². The molecule has 0 saturated carbocycles. The van der Waals surface area contributed by atoms with Gasteiger partial charge in [0, 0.05) is 23.7 Å². The molecule has 2 amide bonds. The van der Waals surface area contributed by atoms with Gasteiger partial charge in [0.15, 0.2) is 0 Å². The topological polar surface area (TPSA) is 69.6 Å². The summed E-state index contributed by atoms with van der Waals surface area (Å²) in [5.41, 5.74) is 1.57. The van der Waals surface area contributed by atoms with Gasteiger partial charge >= 0.3 is 6.03 Å². The van der Waals surface area contributed by atoms with Crippen LogP contribution in [-0.4, -0.2) is 39.4 Å². The maximum Gasteiger partial charge on any atom is 0.321 e. The summed E-state index contributed by atoms with van der Waals surface area (Å²) in [7, 11) is -1.12. The minimum atomic E-state index is -1.12. The Hall–Kier alpha value is -2.18. The van der Waals surface area contributed by atoms with Crippen LogP contribution in [0.4, 0.5) is 10.5 Å². The lowest BCUT2D eigenvalue weighted by Crippen LogP contribution is -2.33. The molecule has 6 heteroatoms. The Labute approximate surface area is 143 Å². The molecule has 0 spiro atoms. The van der Waals surface area contributed by atoms with Crippen LogP contribution in [0.3, 0.4) is 0 Å². The summed E-state index contributed by atoms with van der Waals surface area (Å²) in [4.78, 5) is 14.5. The molecule has 24 heavy (non-hydrogen) atoms. The molecule has 1 unspecified atom stereocenters. The number of carbonyl (C=O) groups is 1. The van der Waals surface area contributed by atoms with Gasteiger partial charge in [-0.25, -0.2) is 4.79 Å². The molecule has 0 bridgehead atoms. The van der Waals surface area contributed by atoms with Gasteiger partial charge in [-0.05, 0) is 36.2 Å². The van der Waals surface area contributed by atoms with E-state index in [1.54, 1.807) is 11.0 Å². The quantitative estimate of drug-likeness (QED) is 0.896. The van der Waals surface area contributed by atoms with Crippen LogP contribution in [0.1, 0.15) is 12.0 Å². The molecule has 0 aliphatic carbocycles. The number of likely N-dealkylation sites (tertiary alicyclic amines) is 1. The van der Waals surface area contributed by atoms with Crippen LogP contribution in [-0.2, 0) is 16.6 Å². The fourth-order valence-corrected chi connectivity index (χ4v) is 3.78. The summed E-state index contributed by atoms with van der Waals surface area (Å²) in [6, 6.07) is 16.5. The van der Waals surface area contributed by atoms with E-state index in [4.69, 9.17) is 0 Å². The van der Waals surface area contributed by atoms with E-state index in [1.165, 1.54) is 0 Å². The predicted octanol–water partition coefficient (Wildman–Crippen LogP) is 2.59. The number of hydrogen-bond acceptors (Lipinski definition) is 3. The number of urea groups is 1. The lowest BCUT2D eigenvalue weighted by atomic mass is 10.2. The summed E-state index contributed by atoms with van der Waals surface area (Å²) in [6.07, 6.45) is 0.180. The third-order valence-electron chi connectivity index (χ3n) is 3.93. The smallest absolute Gasteiger partial charge is 0.321 e. The highest BCUT2D eigenvalue weighted by atomic mass is 32.2. The average Bonchev–Trinajstić information content (AvgIpc) is 3.02. The van der Waals surface area contributed by atoms with Crippen LogP contribution in [0.2, 0.25) is 0 Å². The third kappa shape index (κ3) is 4.21. The third-order valence-corrected chi connectivity index (χ3v) is 5.33. The van der Waals surface area contributed by atoms with Crippen molar-refractivity contribution < 1.29 is 14.1 Å². The molecule has 126 valence electrons. The zero-order chi connectivity index (χ0) is 16.9. The van der Waals surface area contributed by atoms with E-state index in [2.05, 4.69) is 5.32 Å². The molecule has 2 aromatic carbocycles. The van der Waals surface area contributed by atoms with Crippen molar-refractivity contribution in [2.45, 2.75) is 23.2 Å². The molecular formula is C18H20N2O3S. The Bertz CT molecular complexity index is 736. The van der Waals surface area contributed by atoms with Crippen LogP contribution < -0.4 is 5.32 Å². The number of benzene rings is 2. The van der Waals surface area contributed by atoms with Gasteiger partial charge < -0.3 is 15.3 Å². The van der Waals surface area contributed by atoms with Crippen LogP contribution >= 0.6 is 0 Å². The van der Waals surface area contributed by atoms with E-state index >= 15 is 0 Å². The van der Waals surface area contributed by atoms with Crippen molar-refractivity contribution in [3.8, 4) is 0 Å². The summed E-state index contributed by atoms with van der Waals surface area (Å²) >= 11 is 0. The first-order chi connectivity index (χ1) is 11.6. The van der Waals surface area contributed by atoms with Crippen LogP contribution in [0, 0.1) is 0 Å². The SMILES string of the molecule is O=C(Nc1cccc(CS(=O)c2ccccc2)c1)N1CC[C@H](O)C1. The van der Waals surface area contributed by atoms with Gasteiger partial charge in [0.2, 0.25) is 0 Å². The van der Waals surface area contributed by atoms with Crippen molar-refractivity contribution >= 4 is 22.5 Å². The Morgan fingerprint density at radius 2 is 2.00 bits per heavy atom. The van der Waals surface area contributed by atoms with Crippen molar-refractivity contribution in [1.29, 1.82) is 0 Å². The minimum absolute atomic E-state index is 0.215. The first kappa shape index (κ1) is 16.7. The molecule has 2 atom stereocenters. The van der Waals surface area contributed by atoms with Gasteiger partial charge in [-0.15, -0.1) is 0 Å². The van der Waals surface area contributed by atoms with Crippen molar-refractivity contribution in [1.82, 2.24) is 4.90 Å². The molecule has 1 saturated heterocycles. The Morgan fingerprint density at radius 3 is 2.71 bits per heavy atom. The monoisotopic (exact) mass is 344 g/mol. The van der Waals surface area contributed by atoms with Crippen LogP contribution in [0.5, 0.6) is 0 Å². The molecular weight excluding hydrogens is 324 g/mol. The Morgan fingerprint density at radius 1 is 1.21 bits per heavy atom. The zero-order valence-corrected chi connectivity index (χ0v) is 14.0. The number of aliphatic hydroxyl groups is 1. The number of nitrogens with one attached hydrogen (secondary N) is 1. The van der Waals surface area contributed by atoms with E-state index in [9.17, 15) is 14.1 Å². The molecule has 5 nitrogen and oxygen atoms in total. The molecule has 2 aromatic rings. The highest BCUT2D eigenvalue weighted by Crippen LogP contribution is 2.17. The number of aliphatic hydroxyl groups excluding tert-OH is 1. The predicted molar refractivity (Wildman–Crippen MR) is 94.2 cm³/mol. The number of anilines is 1. The highest BCUT2D eigenvalue weighted by molar-refractivity contribution is 7.84. The number of amides is 2. The second kappa shape index (κ2) is 7.59. The number of hydrogen-bond donors (Lipinski definition) is 2. The van der Waals surface area contributed by atoms with E-state index in [0.29, 0.717) is 31.0 Å². The van der Waals surface area contributed by atoms with E-state index in [0.717, 1.165) is 10.5 Å². The number of rotatable bonds is 4. The van der Waals surface area contributed by atoms with Gasteiger partial charge in [0.25, 0.3) is 0 Å². The highest BCUT2D eigenvalue weighted by Gasteiger charge is 2.24. The van der Waals surface area contributed by atoms with Crippen molar-refractivity contribution in [2.75, 3.05) is 18.4 Å². The van der Waals surface area contributed by atoms with Gasteiger partial charge in [0.05, 0.1) is 22.7 Å². The maximum absolute atomic E-state index is 12.4. The average molecular weight is 344 g/mol. The minimum Gasteiger partial charge on any atom is -0.391 e. The molecule has 1 aliphatic heterocycles. The van der Waals surface area contributed by atoms with E-state index in [-0.39, 0.29) is 6.03 Å². The van der Waals surface area contributed by atoms with Crippen molar-refractivity contribution in [3.05, 3.63) is 60.2 Å². The van der Waals surface area contributed by atoms with E-state index in [1.807, 2.05) is 48.5 Å². The standard InChI is InChI=1S/C18H20N2O3S/c21-16-9-10-20(12-16)18(22)19-15-6-4-5-14(11-15)13-24(23)17-7-2-1-3-8-17/h1-8,11,16,21H,9-10,12-13H2,(H,19,22)/t16-,24?/m0/s1. The lowest BCUT2D eigenvalue weighted by molar-refractivity contribution is 0.176. The molecule has 3 rings (SSSR count). The second-order valence-electron chi connectivity index (χ2n) is 5.82. The first-order valence-electron chi connectivity index (χ1n) is 7.88. The lowest BCUT2D eigenvalue weighted by Gasteiger charge is -2.16. The second-order valence-corrected chi connectivity index (χ2v) is 7.27. The molecule has 0 aromatic heterocycles. The van der Waals surface area contributed by atoms with Crippen molar-refractivity contribution in [3.63, 3.8) is 0 Å². The van der Waals surface area contributed by atoms with Gasteiger partial charge in [0.1, 0.15) is 0 Å². The summed E-state index contributed by atoms with van der Waals surface area (Å²) in [5, 5.41) is 12.3. The van der Waals surface area contributed by atoms with Gasteiger partial charge in [-0.2, -0.15) is 0 Å². The number of β-amino-alcohol motifs (C(OH)–C–C–N with tert-alkyl or cyclic N) is 1. The summed E-state index contributed by atoms with van der Waals surface area (Å²) < 4.78 is 12.4. The molecule has 0 radical (unpaired) electrons. The van der Waals surface area contributed by atoms with Crippen LogP contribution in [0.25, 0.3) is 0 Å². The number of nitrogens with zero attached hydrogens (tertiary/aromatic N) is 1. The normalized spacial score (nSPS) is 18.4. The van der Waals surface area contributed by atoms with Crippen LogP contribution in [0.15, 0.2) is 59.5 Å². The maximum atomic E-state index is 12.4. The number of carbonyl (C=O) groups excluding carboxylic acids is 1. The Kier molecular flexibility index (Phi) is 5.27.